The van der Waals surface area contributed by atoms with Gasteiger partial charge < -0.3 is 5.11 Å². The van der Waals surface area contributed by atoms with Crippen molar-refractivity contribution in [3.8, 4) is 5.75 Å². The van der Waals surface area contributed by atoms with E-state index in [1.165, 1.54) is 5.56 Å². The maximum atomic E-state index is 9.62. The molecule has 1 N–H and O–H groups in total. The molecule has 0 bridgehead atoms. The molecule has 0 radical (unpaired) electrons. The summed E-state index contributed by atoms with van der Waals surface area (Å²) in [6.45, 7) is 8.62. The molecule has 0 aliphatic rings. The smallest absolute Gasteiger partial charge is 0.131 e. The van der Waals surface area contributed by atoms with E-state index < -0.39 is 0 Å². The SMILES string of the molecule is Cc1cc(CC(C)(C)C)cc(I)c1O. The Morgan fingerprint density at radius 2 is 1.86 bits per heavy atom. The van der Waals surface area contributed by atoms with Crippen LogP contribution in [0.4, 0.5) is 0 Å². The van der Waals surface area contributed by atoms with Gasteiger partial charge in [-0.05, 0) is 58.5 Å². The van der Waals surface area contributed by atoms with Crippen LogP contribution >= 0.6 is 22.6 Å². The number of phenols is 1. The summed E-state index contributed by atoms with van der Waals surface area (Å²) in [6, 6.07) is 4.14. The van der Waals surface area contributed by atoms with E-state index in [-0.39, 0.29) is 0 Å². The fourth-order valence-corrected chi connectivity index (χ4v) is 2.35. The largest absolute Gasteiger partial charge is 0.507 e. The standard InChI is InChI=1S/C12H17IO/c1-8-5-9(7-12(2,3)4)6-10(13)11(8)14/h5-6,14H,7H2,1-4H3. The molecular weight excluding hydrogens is 287 g/mol. The maximum Gasteiger partial charge on any atom is 0.131 e. The van der Waals surface area contributed by atoms with Crippen molar-refractivity contribution in [2.24, 2.45) is 5.41 Å². The molecule has 0 fully saturated rings. The Labute approximate surface area is 99.7 Å². The predicted octanol–water partition coefficient (Wildman–Crippen LogP) is 3.89. The zero-order chi connectivity index (χ0) is 10.9. The highest BCUT2D eigenvalue weighted by atomic mass is 127. The minimum absolute atomic E-state index is 0.298. The summed E-state index contributed by atoms with van der Waals surface area (Å²) in [4.78, 5) is 0. The normalized spacial score (nSPS) is 11.8. The fraction of sp³-hybridized carbons (Fsp3) is 0.500. The minimum Gasteiger partial charge on any atom is -0.507 e. The summed E-state index contributed by atoms with van der Waals surface area (Å²) in [6.07, 6.45) is 1.05. The number of hydrogen-bond acceptors (Lipinski definition) is 1. The van der Waals surface area contributed by atoms with Gasteiger partial charge in [0.2, 0.25) is 0 Å². The number of aromatic hydroxyl groups is 1. The highest BCUT2D eigenvalue weighted by Crippen LogP contribution is 2.28. The van der Waals surface area contributed by atoms with Crippen LogP contribution in [0.15, 0.2) is 12.1 Å². The predicted molar refractivity (Wildman–Crippen MR) is 68.7 cm³/mol. The minimum atomic E-state index is 0.298. The molecule has 0 saturated heterocycles. The van der Waals surface area contributed by atoms with Crippen LogP contribution < -0.4 is 0 Å². The molecule has 0 spiro atoms. The molecule has 0 heterocycles. The Kier molecular flexibility index (Phi) is 3.45. The van der Waals surface area contributed by atoms with Gasteiger partial charge in [-0.25, -0.2) is 0 Å². The van der Waals surface area contributed by atoms with Crippen molar-refractivity contribution >= 4 is 22.6 Å². The van der Waals surface area contributed by atoms with Gasteiger partial charge in [0.05, 0.1) is 3.57 Å². The number of rotatable bonds is 1. The molecular formula is C12H17IO. The molecule has 0 saturated carbocycles. The lowest BCUT2D eigenvalue weighted by molar-refractivity contribution is 0.410. The maximum absolute atomic E-state index is 9.62. The topological polar surface area (TPSA) is 20.2 Å². The molecule has 0 aromatic heterocycles. The second-order valence-corrected chi connectivity index (χ2v) is 6.14. The number of hydrogen-bond donors (Lipinski definition) is 1. The van der Waals surface area contributed by atoms with Gasteiger partial charge in [-0.2, -0.15) is 0 Å². The average molecular weight is 304 g/mol. The second-order valence-electron chi connectivity index (χ2n) is 4.98. The number of benzene rings is 1. The Morgan fingerprint density at radius 3 is 2.29 bits per heavy atom. The lowest BCUT2D eigenvalue weighted by atomic mass is 9.88. The van der Waals surface area contributed by atoms with E-state index in [1.54, 1.807) is 0 Å². The van der Waals surface area contributed by atoms with E-state index in [0.717, 1.165) is 15.6 Å². The fourth-order valence-electron chi connectivity index (χ4n) is 1.52. The first kappa shape index (κ1) is 11.8. The first-order valence-electron chi connectivity index (χ1n) is 4.77. The third-order valence-electron chi connectivity index (χ3n) is 2.05. The van der Waals surface area contributed by atoms with Crippen LogP contribution in [-0.2, 0) is 6.42 Å². The molecule has 0 atom stereocenters. The van der Waals surface area contributed by atoms with Gasteiger partial charge >= 0.3 is 0 Å². The quantitative estimate of drug-likeness (QED) is 0.780. The molecule has 14 heavy (non-hydrogen) atoms. The van der Waals surface area contributed by atoms with Gasteiger partial charge in [0.1, 0.15) is 5.75 Å². The van der Waals surface area contributed by atoms with Crippen molar-refractivity contribution in [3.05, 3.63) is 26.8 Å². The summed E-state index contributed by atoms with van der Waals surface area (Å²) < 4.78 is 0.946. The van der Waals surface area contributed by atoms with Crippen LogP contribution in [0.1, 0.15) is 31.9 Å². The number of aryl methyl sites for hydroxylation is 1. The highest BCUT2D eigenvalue weighted by molar-refractivity contribution is 14.1. The van der Waals surface area contributed by atoms with E-state index in [1.807, 2.05) is 6.92 Å². The molecule has 0 unspecified atom stereocenters. The van der Waals surface area contributed by atoms with Crippen molar-refractivity contribution in [1.29, 1.82) is 0 Å². The lowest BCUT2D eigenvalue weighted by Gasteiger charge is -2.19. The second kappa shape index (κ2) is 4.09. The van der Waals surface area contributed by atoms with Gasteiger partial charge in [0, 0.05) is 0 Å². The molecule has 1 nitrogen and oxygen atoms in total. The van der Waals surface area contributed by atoms with Crippen molar-refractivity contribution in [2.45, 2.75) is 34.1 Å². The number of phenolic OH excluding ortho intramolecular Hbond substituents is 1. The summed E-state index contributed by atoms with van der Waals surface area (Å²) in [7, 11) is 0. The van der Waals surface area contributed by atoms with Crippen LogP contribution in [-0.4, -0.2) is 5.11 Å². The van der Waals surface area contributed by atoms with Crippen LogP contribution in [0, 0.1) is 15.9 Å². The van der Waals surface area contributed by atoms with Gasteiger partial charge in [0.15, 0.2) is 0 Å². The van der Waals surface area contributed by atoms with E-state index in [2.05, 4.69) is 55.5 Å². The monoisotopic (exact) mass is 304 g/mol. The van der Waals surface area contributed by atoms with Crippen molar-refractivity contribution < 1.29 is 5.11 Å². The zero-order valence-corrected chi connectivity index (χ0v) is 11.3. The molecule has 78 valence electrons. The van der Waals surface area contributed by atoms with E-state index in [9.17, 15) is 5.11 Å². The third kappa shape index (κ3) is 3.15. The van der Waals surface area contributed by atoms with Crippen LogP contribution in [0.25, 0.3) is 0 Å². The van der Waals surface area contributed by atoms with Gasteiger partial charge in [-0.3, -0.25) is 0 Å². The summed E-state index contributed by atoms with van der Waals surface area (Å²) in [5.74, 6) is 0.420. The van der Waals surface area contributed by atoms with E-state index >= 15 is 0 Å². The third-order valence-corrected chi connectivity index (χ3v) is 2.87. The van der Waals surface area contributed by atoms with E-state index in [0.29, 0.717) is 11.2 Å². The van der Waals surface area contributed by atoms with Gasteiger partial charge in [-0.1, -0.05) is 26.8 Å². The Balaban J connectivity index is 3.02. The Hall–Kier alpha value is -0.250. The molecule has 0 aliphatic heterocycles. The van der Waals surface area contributed by atoms with Crippen molar-refractivity contribution in [2.75, 3.05) is 0 Å². The highest BCUT2D eigenvalue weighted by Gasteiger charge is 2.13. The Bertz CT molecular complexity index is 314. The molecule has 1 aromatic rings. The van der Waals surface area contributed by atoms with Crippen LogP contribution in [0.2, 0.25) is 0 Å². The molecule has 2 heteroatoms. The van der Waals surface area contributed by atoms with Crippen LogP contribution in [0.5, 0.6) is 5.75 Å². The first-order chi connectivity index (χ1) is 6.29. The summed E-state index contributed by atoms with van der Waals surface area (Å²) in [5, 5.41) is 9.62. The summed E-state index contributed by atoms with van der Waals surface area (Å²) in [5.41, 5.74) is 2.57. The molecule has 0 amide bonds. The Morgan fingerprint density at radius 1 is 1.29 bits per heavy atom. The van der Waals surface area contributed by atoms with Crippen molar-refractivity contribution in [3.63, 3.8) is 0 Å². The summed E-state index contributed by atoms with van der Waals surface area (Å²) >= 11 is 2.18. The van der Waals surface area contributed by atoms with Crippen LogP contribution in [0.3, 0.4) is 0 Å². The van der Waals surface area contributed by atoms with Gasteiger partial charge in [0.25, 0.3) is 0 Å². The average Bonchev–Trinajstić information content (AvgIpc) is 1.96. The van der Waals surface area contributed by atoms with Crippen molar-refractivity contribution in [1.82, 2.24) is 0 Å². The van der Waals surface area contributed by atoms with Gasteiger partial charge in [-0.15, -0.1) is 0 Å². The molecule has 1 rings (SSSR count). The first-order valence-corrected chi connectivity index (χ1v) is 5.85. The van der Waals surface area contributed by atoms with E-state index in [4.69, 9.17) is 0 Å². The lowest BCUT2D eigenvalue weighted by Crippen LogP contribution is -2.09. The molecule has 1 aromatic carbocycles. The number of halogens is 1. The zero-order valence-electron chi connectivity index (χ0n) is 9.19. The molecule has 0 aliphatic carbocycles.